The van der Waals surface area contributed by atoms with Crippen LogP contribution in [0, 0.1) is 6.92 Å². The van der Waals surface area contributed by atoms with E-state index in [1.807, 2.05) is 0 Å². The quantitative estimate of drug-likeness (QED) is 0.104. The minimum Gasteiger partial charge on any atom is -0.413 e. The van der Waals surface area contributed by atoms with Gasteiger partial charge in [-0.25, -0.2) is 0 Å². The van der Waals surface area contributed by atoms with Crippen LogP contribution in [-0.2, 0) is 11.0 Å². The molecule has 0 aliphatic heterocycles. The zero-order valence-corrected chi connectivity index (χ0v) is 24.8. The van der Waals surface area contributed by atoms with E-state index in [1.54, 1.807) is 0 Å². The van der Waals surface area contributed by atoms with Crippen molar-refractivity contribution in [1.82, 2.24) is 0 Å². The second kappa shape index (κ2) is 21.7. The zero-order valence-electron chi connectivity index (χ0n) is 23.8. The first kappa shape index (κ1) is 31.4. The molecule has 0 atom stereocenters. The van der Waals surface area contributed by atoms with E-state index < -0.39 is 8.32 Å². The second-order valence-electron chi connectivity index (χ2n) is 11.0. The topological polar surface area (TPSA) is 9.23 Å². The third-order valence-electron chi connectivity index (χ3n) is 7.75. The molecule has 0 amide bonds. The van der Waals surface area contributed by atoms with Crippen molar-refractivity contribution in [2.75, 3.05) is 0 Å². The van der Waals surface area contributed by atoms with Crippen LogP contribution in [0.4, 0.5) is 0 Å². The van der Waals surface area contributed by atoms with Gasteiger partial charge in [0, 0.05) is 0 Å². The number of benzene rings is 1. The summed E-state index contributed by atoms with van der Waals surface area (Å²) in [6, 6.07) is 13.1. The summed E-state index contributed by atoms with van der Waals surface area (Å²) in [5.74, 6) is 0. The molecular formula is C32H60OSi. The van der Waals surface area contributed by atoms with Crippen molar-refractivity contribution in [2.24, 2.45) is 0 Å². The Labute approximate surface area is 216 Å². The van der Waals surface area contributed by atoms with Gasteiger partial charge in [-0.05, 0) is 36.2 Å². The minimum atomic E-state index is -1.71. The molecule has 0 saturated carbocycles. The Morgan fingerprint density at radius 1 is 0.529 bits per heavy atom. The minimum absolute atomic E-state index is 0.848. The van der Waals surface area contributed by atoms with Crippen LogP contribution in [0.3, 0.4) is 0 Å². The fourth-order valence-electron chi connectivity index (χ4n) is 5.28. The standard InChI is InChI=1S/C32H60OSi/c1-5-8-11-14-17-22-27-34(28-23-18-15-12-9-6-2,29-24-19-16-13-10-7-3)33-30-32-26-21-20-25-31(32)4/h20-21,25-26H,5-19,22-24,27-30H2,1-4H3. The van der Waals surface area contributed by atoms with Crippen LogP contribution in [-0.4, -0.2) is 8.32 Å². The zero-order chi connectivity index (χ0) is 24.7. The Balaban J connectivity index is 2.75. The van der Waals surface area contributed by atoms with Crippen LogP contribution in [0.5, 0.6) is 0 Å². The number of hydrogen-bond donors (Lipinski definition) is 0. The first-order chi connectivity index (χ1) is 16.7. The van der Waals surface area contributed by atoms with Gasteiger partial charge in [0.15, 0.2) is 8.32 Å². The molecule has 1 rings (SSSR count). The molecule has 0 aliphatic carbocycles. The van der Waals surface area contributed by atoms with E-state index in [2.05, 4.69) is 52.0 Å². The van der Waals surface area contributed by atoms with E-state index >= 15 is 0 Å². The molecule has 0 N–H and O–H groups in total. The summed E-state index contributed by atoms with van der Waals surface area (Å²) in [6.07, 6.45) is 25.2. The molecule has 0 bridgehead atoms. The van der Waals surface area contributed by atoms with E-state index in [9.17, 15) is 0 Å². The van der Waals surface area contributed by atoms with E-state index in [4.69, 9.17) is 4.43 Å². The first-order valence-electron chi connectivity index (χ1n) is 15.4. The maximum Gasteiger partial charge on any atom is 0.193 e. The van der Waals surface area contributed by atoms with Crippen LogP contribution in [0.25, 0.3) is 0 Å². The summed E-state index contributed by atoms with van der Waals surface area (Å²) < 4.78 is 7.12. The van der Waals surface area contributed by atoms with Gasteiger partial charge in [-0.15, -0.1) is 0 Å². The monoisotopic (exact) mass is 488 g/mol. The lowest BCUT2D eigenvalue weighted by Gasteiger charge is -2.33. The highest BCUT2D eigenvalue weighted by Gasteiger charge is 2.33. The molecule has 34 heavy (non-hydrogen) atoms. The van der Waals surface area contributed by atoms with E-state index in [-0.39, 0.29) is 0 Å². The SMILES string of the molecule is CCCCCCCC[Si](CCCCCCCC)(CCCCCCCC)OCc1ccccc1C. The molecule has 0 saturated heterocycles. The van der Waals surface area contributed by atoms with E-state index in [0.29, 0.717) is 0 Å². The average Bonchev–Trinajstić information content (AvgIpc) is 2.85. The predicted octanol–water partition coefficient (Wildman–Crippen LogP) is 11.5. The normalized spacial score (nSPS) is 11.9. The molecule has 2 heteroatoms. The third kappa shape index (κ3) is 15.4. The molecule has 1 aromatic rings. The summed E-state index contributed by atoms with van der Waals surface area (Å²) in [6.45, 7) is 10.0. The summed E-state index contributed by atoms with van der Waals surface area (Å²) in [7, 11) is -1.71. The van der Waals surface area contributed by atoms with Gasteiger partial charge >= 0.3 is 0 Å². The van der Waals surface area contributed by atoms with Crippen molar-refractivity contribution < 1.29 is 4.43 Å². The number of unbranched alkanes of at least 4 members (excludes halogenated alkanes) is 15. The lowest BCUT2D eigenvalue weighted by Crippen LogP contribution is -2.38. The molecule has 0 unspecified atom stereocenters. The smallest absolute Gasteiger partial charge is 0.193 e. The third-order valence-corrected chi connectivity index (χ3v) is 12.3. The van der Waals surface area contributed by atoms with Gasteiger partial charge < -0.3 is 4.43 Å². The lowest BCUT2D eigenvalue weighted by molar-refractivity contribution is 0.280. The van der Waals surface area contributed by atoms with Gasteiger partial charge in [-0.1, -0.05) is 161 Å². The van der Waals surface area contributed by atoms with Crippen molar-refractivity contribution in [1.29, 1.82) is 0 Å². The maximum absolute atomic E-state index is 7.12. The predicted molar refractivity (Wildman–Crippen MR) is 156 cm³/mol. The molecule has 1 nitrogen and oxygen atoms in total. The van der Waals surface area contributed by atoms with Crippen molar-refractivity contribution in [3.05, 3.63) is 35.4 Å². The Bertz CT molecular complexity index is 529. The fourth-order valence-corrected chi connectivity index (χ4v) is 9.60. The second-order valence-corrected chi connectivity index (χ2v) is 15.1. The molecule has 0 aliphatic rings. The summed E-state index contributed by atoms with van der Waals surface area (Å²) in [4.78, 5) is 0. The highest BCUT2D eigenvalue weighted by molar-refractivity contribution is 6.73. The largest absolute Gasteiger partial charge is 0.413 e. The molecule has 1 aromatic carbocycles. The Hall–Kier alpha value is -0.603. The summed E-state index contributed by atoms with van der Waals surface area (Å²) in [5, 5.41) is 0. The number of rotatable bonds is 24. The van der Waals surface area contributed by atoms with Gasteiger partial charge in [0.05, 0.1) is 6.61 Å². The van der Waals surface area contributed by atoms with Gasteiger partial charge in [0.1, 0.15) is 0 Å². The molecule has 0 radical (unpaired) electrons. The van der Waals surface area contributed by atoms with Gasteiger partial charge in [-0.2, -0.15) is 0 Å². The van der Waals surface area contributed by atoms with E-state index in [0.717, 1.165) is 6.61 Å². The lowest BCUT2D eigenvalue weighted by atomic mass is 10.1. The summed E-state index contributed by atoms with van der Waals surface area (Å²) in [5.41, 5.74) is 2.80. The molecular weight excluding hydrogens is 428 g/mol. The van der Waals surface area contributed by atoms with Crippen LogP contribution in [0.2, 0.25) is 18.1 Å². The Morgan fingerprint density at radius 3 is 1.32 bits per heavy atom. The Kier molecular flexibility index (Phi) is 20.0. The molecule has 0 aromatic heterocycles. The van der Waals surface area contributed by atoms with Crippen LogP contribution < -0.4 is 0 Å². The molecule has 0 fully saturated rings. The molecule has 0 spiro atoms. The molecule has 0 heterocycles. The van der Waals surface area contributed by atoms with Crippen molar-refractivity contribution in [3.8, 4) is 0 Å². The van der Waals surface area contributed by atoms with E-state index in [1.165, 1.54) is 145 Å². The fraction of sp³-hybridized carbons (Fsp3) is 0.812. The number of hydrogen-bond acceptors (Lipinski definition) is 1. The van der Waals surface area contributed by atoms with Crippen LogP contribution in [0.1, 0.15) is 147 Å². The highest BCUT2D eigenvalue weighted by atomic mass is 28.4. The van der Waals surface area contributed by atoms with Crippen molar-refractivity contribution in [3.63, 3.8) is 0 Å². The Morgan fingerprint density at radius 2 is 0.912 bits per heavy atom. The highest BCUT2D eigenvalue weighted by Crippen LogP contribution is 2.32. The van der Waals surface area contributed by atoms with Crippen molar-refractivity contribution in [2.45, 2.75) is 168 Å². The first-order valence-corrected chi connectivity index (χ1v) is 17.9. The molecule has 198 valence electrons. The van der Waals surface area contributed by atoms with Crippen molar-refractivity contribution >= 4 is 8.32 Å². The van der Waals surface area contributed by atoms with Gasteiger partial charge in [-0.3, -0.25) is 0 Å². The number of aryl methyl sites for hydroxylation is 1. The van der Waals surface area contributed by atoms with Crippen LogP contribution >= 0.6 is 0 Å². The summed E-state index contributed by atoms with van der Waals surface area (Å²) >= 11 is 0. The average molecular weight is 489 g/mol. The van der Waals surface area contributed by atoms with Gasteiger partial charge in [0.25, 0.3) is 0 Å². The maximum atomic E-state index is 7.12. The van der Waals surface area contributed by atoms with Gasteiger partial charge in [0.2, 0.25) is 0 Å². The van der Waals surface area contributed by atoms with Crippen LogP contribution in [0.15, 0.2) is 24.3 Å².